The second kappa shape index (κ2) is 9.45. The van der Waals surface area contributed by atoms with Crippen LogP contribution in [0.3, 0.4) is 0 Å². The fourth-order valence-electron chi connectivity index (χ4n) is 2.63. The van der Waals surface area contributed by atoms with E-state index in [0.29, 0.717) is 26.2 Å². The summed E-state index contributed by atoms with van der Waals surface area (Å²) in [6.45, 7) is 4.77. The number of nitrogens with one attached hydrogen (secondary N) is 1. The maximum atomic E-state index is 13.0. The van der Waals surface area contributed by atoms with E-state index in [1.807, 2.05) is 37.9 Å². The summed E-state index contributed by atoms with van der Waals surface area (Å²) in [6.07, 6.45) is 1.65. The Hall–Kier alpha value is -2.25. The van der Waals surface area contributed by atoms with Crippen molar-refractivity contribution in [1.29, 1.82) is 0 Å². The van der Waals surface area contributed by atoms with Gasteiger partial charge in [-0.05, 0) is 45.8 Å². The summed E-state index contributed by atoms with van der Waals surface area (Å²) in [4.78, 5) is 26.0. The van der Waals surface area contributed by atoms with Crippen molar-refractivity contribution < 1.29 is 9.18 Å². The van der Waals surface area contributed by atoms with E-state index >= 15 is 0 Å². The molecule has 2 rings (SSSR count). The lowest BCUT2D eigenvalue weighted by Crippen LogP contribution is -2.41. The molecular formula is C19H28FN5O. The predicted molar refractivity (Wildman–Crippen MR) is 100 cm³/mol. The number of carbonyl (C=O) groups excluding carboxylic acids is 1. The van der Waals surface area contributed by atoms with E-state index in [1.54, 1.807) is 18.5 Å². The van der Waals surface area contributed by atoms with Crippen molar-refractivity contribution in [1.82, 2.24) is 24.7 Å². The lowest BCUT2D eigenvalue weighted by molar-refractivity contribution is -0.133. The van der Waals surface area contributed by atoms with E-state index in [2.05, 4.69) is 14.9 Å². The smallest absolute Gasteiger partial charge is 0.237 e. The third-order valence-corrected chi connectivity index (χ3v) is 4.22. The third kappa shape index (κ3) is 6.24. The average Bonchev–Trinajstić information content (AvgIpc) is 2.98. The van der Waals surface area contributed by atoms with Crippen molar-refractivity contribution in [2.24, 2.45) is 0 Å². The van der Waals surface area contributed by atoms with Crippen LogP contribution < -0.4 is 0 Å². The number of rotatable bonds is 9. The molecule has 0 aliphatic heterocycles. The third-order valence-electron chi connectivity index (χ3n) is 4.22. The van der Waals surface area contributed by atoms with Crippen molar-refractivity contribution in [3.63, 3.8) is 0 Å². The maximum Gasteiger partial charge on any atom is 0.237 e. The van der Waals surface area contributed by atoms with E-state index in [1.165, 1.54) is 12.1 Å². The van der Waals surface area contributed by atoms with Gasteiger partial charge in [-0.3, -0.25) is 9.69 Å². The number of nitrogens with zero attached hydrogens (tertiary/aromatic N) is 4. The first-order chi connectivity index (χ1) is 12.3. The van der Waals surface area contributed by atoms with Crippen LogP contribution in [-0.4, -0.2) is 71.4 Å². The average molecular weight is 361 g/mol. The summed E-state index contributed by atoms with van der Waals surface area (Å²) in [5.41, 5.74) is 2.84. The Morgan fingerprint density at radius 1 is 1.12 bits per heavy atom. The molecule has 6 nitrogen and oxygen atoms in total. The molecule has 26 heavy (non-hydrogen) atoms. The molecule has 0 spiro atoms. The lowest BCUT2D eigenvalue weighted by atomic mass is 10.2. The van der Waals surface area contributed by atoms with Crippen molar-refractivity contribution in [3.05, 3.63) is 53.4 Å². The van der Waals surface area contributed by atoms with Gasteiger partial charge in [-0.1, -0.05) is 12.1 Å². The Balaban J connectivity index is 1.97. The van der Waals surface area contributed by atoms with Crippen LogP contribution in [0, 0.1) is 12.7 Å². The number of likely N-dealkylation sites (N-methyl/N-ethyl adjacent to an activating group) is 2. The SMILES string of the molecule is Cc1[nH]cnc1CN(CCN(C)C)C(=O)CN(C)Cc1ccc(F)cc1. The standard InChI is InChI=1S/C19H28FN5O/c1-15-18(22-14-21-15)12-25(10-9-23(2)3)19(26)13-24(4)11-16-5-7-17(20)8-6-16/h5-8,14H,9-13H2,1-4H3,(H,21,22). The highest BCUT2D eigenvalue weighted by Crippen LogP contribution is 2.09. The molecule has 0 saturated carbocycles. The van der Waals surface area contributed by atoms with Gasteiger partial charge >= 0.3 is 0 Å². The number of aromatic amines is 1. The van der Waals surface area contributed by atoms with Gasteiger partial charge in [-0.25, -0.2) is 9.37 Å². The van der Waals surface area contributed by atoms with Gasteiger partial charge in [0, 0.05) is 25.3 Å². The summed E-state index contributed by atoms with van der Waals surface area (Å²) >= 11 is 0. The van der Waals surface area contributed by atoms with Crippen LogP contribution in [0.2, 0.25) is 0 Å². The number of benzene rings is 1. The Labute approximate surface area is 154 Å². The fourth-order valence-corrected chi connectivity index (χ4v) is 2.63. The van der Waals surface area contributed by atoms with E-state index < -0.39 is 0 Å². The second-order valence-electron chi connectivity index (χ2n) is 6.89. The van der Waals surface area contributed by atoms with Gasteiger partial charge in [-0.2, -0.15) is 0 Å². The van der Waals surface area contributed by atoms with Crippen molar-refractivity contribution in [2.75, 3.05) is 40.8 Å². The van der Waals surface area contributed by atoms with Crippen LogP contribution >= 0.6 is 0 Å². The highest BCUT2D eigenvalue weighted by Gasteiger charge is 2.18. The van der Waals surface area contributed by atoms with Crippen LogP contribution in [-0.2, 0) is 17.9 Å². The zero-order valence-electron chi connectivity index (χ0n) is 16.0. The van der Waals surface area contributed by atoms with Crippen molar-refractivity contribution >= 4 is 5.91 Å². The van der Waals surface area contributed by atoms with Gasteiger partial charge in [0.2, 0.25) is 5.91 Å². The molecule has 0 aliphatic carbocycles. The highest BCUT2D eigenvalue weighted by atomic mass is 19.1. The highest BCUT2D eigenvalue weighted by molar-refractivity contribution is 5.78. The minimum absolute atomic E-state index is 0.0545. The topological polar surface area (TPSA) is 55.5 Å². The molecule has 1 amide bonds. The van der Waals surface area contributed by atoms with Crippen LogP contribution in [0.5, 0.6) is 0 Å². The van der Waals surface area contributed by atoms with Gasteiger partial charge < -0.3 is 14.8 Å². The summed E-state index contributed by atoms with van der Waals surface area (Å²) in [5.74, 6) is -0.199. The summed E-state index contributed by atoms with van der Waals surface area (Å²) in [5, 5.41) is 0. The zero-order chi connectivity index (χ0) is 19.1. The first kappa shape index (κ1) is 20.1. The number of halogens is 1. The van der Waals surface area contributed by atoms with Crippen molar-refractivity contribution in [2.45, 2.75) is 20.0 Å². The quantitative estimate of drug-likeness (QED) is 0.741. The molecule has 0 atom stereocenters. The van der Waals surface area contributed by atoms with Gasteiger partial charge in [-0.15, -0.1) is 0 Å². The van der Waals surface area contributed by atoms with Gasteiger partial charge in [0.15, 0.2) is 0 Å². The molecule has 2 aromatic rings. The van der Waals surface area contributed by atoms with Gasteiger partial charge in [0.05, 0.1) is 25.1 Å². The number of aromatic nitrogens is 2. The number of imidazole rings is 1. The number of hydrogen-bond acceptors (Lipinski definition) is 4. The van der Waals surface area contributed by atoms with Gasteiger partial charge in [0.1, 0.15) is 5.82 Å². The molecule has 1 heterocycles. The molecule has 0 bridgehead atoms. The molecule has 142 valence electrons. The molecule has 0 fully saturated rings. The molecule has 0 unspecified atom stereocenters. The predicted octanol–water partition coefficient (Wildman–Crippen LogP) is 1.88. The largest absolute Gasteiger partial charge is 0.348 e. The van der Waals surface area contributed by atoms with Crippen LogP contribution in [0.1, 0.15) is 17.0 Å². The summed E-state index contributed by atoms with van der Waals surface area (Å²) in [7, 11) is 5.87. The second-order valence-corrected chi connectivity index (χ2v) is 6.89. The Bertz CT molecular complexity index is 698. The van der Waals surface area contributed by atoms with E-state index in [9.17, 15) is 9.18 Å². The Morgan fingerprint density at radius 3 is 2.38 bits per heavy atom. The molecule has 1 aromatic heterocycles. The molecule has 7 heteroatoms. The minimum Gasteiger partial charge on any atom is -0.348 e. The first-order valence-electron chi connectivity index (χ1n) is 8.69. The molecule has 0 saturated heterocycles. The monoisotopic (exact) mass is 361 g/mol. The van der Waals surface area contributed by atoms with Crippen LogP contribution in [0.15, 0.2) is 30.6 Å². The molecule has 0 radical (unpaired) electrons. The molecule has 0 aliphatic rings. The minimum atomic E-state index is -0.253. The molecular weight excluding hydrogens is 333 g/mol. The summed E-state index contributed by atoms with van der Waals surface area (Å²) < 4.78 is 13.0. The summed E-state index contributed by atoms with van der Waals surface area (Å²) in [6, 6.07) is 6.36. The van der Waals surface area contributed by atoms with Gasteiger partial charge in [0.25, 0.3) is 0 Å². The van der Waals surface area contributed by atoms with E-state index in [0.717, 1.165) is 23.5 Å². The first-order valence-corrected chi connectivity index (χ1v) is 8.69. The Morgan fingerprint density at radius 2 is 1.81 bits per heavy atom. The molecule has 1 N–H and O–H groups in total. The number of carbonyl (C=O) groups is 1. The number of hydrogen-bond donors (Lipinski definition) is 1. The number of aryl methyl sites for hydroxylation is 1. The van der Waals surface area contributed by atoms with Crippen LogP contribution in [0.4, 0.5) is 4.39 Å². The van der Waals surface area contributed by atoms with Crippen molar-refractivity contribution in [3.8, 4) is 0 Å². The zero-order valence-corrected chi connectivity index (χ0v) is 16.0. The van der Waals surface area contributed by atoms with Crippen LogP contribution in [0.25, 0.3) is 0 Å². The Kier molecular flexibility index (Phi) is 7.29. The van der Waals surface area contributed by atoms with E-state index in [-0.39, 0.29) is 11.7 Å². The normalized spacial score (nSPS) is 11.3. The number of amides is 1. The number of H-pyrrole nitrogens is 1. The lowest BCUT2D eigenvalue weighted by Gasteiger charge is -2.26. The maximum absolute atomic E-state index is 13.0. The molecule has 1 aromatic carbocycles. The van der Waals surface area contributed by atoms with E-state index in [4.69, 9.17) is 0 Å². The fraction of sp³-hybridized carbons (Fsp3) is 0.474.